The second-order valence-electron chi connectivity index (χ2n) is 6.11. The molecule has 0 fully saturated rings. The van der Waals surface area contributed by atoms with Gasteiger partial charge in [0.1, 0.15) is 5.60 Å². The van der Waals surface area contributed by atoms with E-state index < -0.39 is 17.7 Å². The number of anilines is 1. The molecule has 0 unspecified atom stereocenters. The lowest BCUT2D eigenvalue weighted by molar-refractivity contribution is -0.137. The van der Waals surface area contributed by atoms with E-state index in [1.165, 1.54) is 0 Å². The van der Waals surface area contributed by atoms with Crippen molar-refractivity contribution >= 4 is 17.7 Å². The van der Waals surface area contributed by atoms with E-state index in [1.54, 1.807) is 45.0 Å². The minimum absolute atomic E-state index is 0.0815. The van der Waals surface area contributed by atoms with E-state index in [9.17, 15) is 9.59 Å². The molecule has 0 aliphatic heterocycles. The molecule has 0 radical (unpaired) electrons. The third kappa shape index (κ3) is 5.38. The maximum Gasteiger partial charge on any atom is 0.412 e. The summed E-state index contributed by atoms with van der Waals surface area (Å²) < 4.78 is 10.2. The predicted molar refractivity (Wildman–Crippen MR) is 85.5 cm³/mol. The Labute approximate surface area is 138 Å². The van der Waals surface area contributed by atoms with Gasteiger partial charge in [-0.15, -0.1) is 0 Å². The second kappa shape index (κ2) is 7.12. The third-order valence-electron chi connectivity index (χ3n) is 2.79. The van der Waals surface area contributed by atoms with Gasteiger partial charge >= 0.3 is 12.1 Å². The topological polar surface area (TPSA) is 115 Å². The molecule has 0 bridgehead atoms. The first-order chi connectivity index (χ1) is 11.2. The average Bonchev–Trinajstić information content (AvgIpc) is 2.92. The first kappa shape index (κ1) is 17.5. The predicted octanol–water partition coefficient (Wildman–Crippen LogP) is 3.10. The number of hydrogen-bond acceptors (Lipinski definition) is 6. The second-order valence-corrected chi connectivity index (χ2v) is 6.11. The van der Waals surface area contributed by atoms with E-state index in [0.717, 1.165) is 0 Å². The summed E-state index contributed by atoms with van der Waals surface area (Å²) >= 11 is 0. The summed E-state index contributed by atoms with van der Waals surface area (Å²) in [5.41, 5.74) is 0.571. The van der Waals surface area contributed by atoms with Crippen molar-refractivity contribution in [3.63, 3.8) is 0 Å². The zero-order chi connectivity index (χ0) is 17.7. The van der Waals surface area contributed by atoms with Crippen LogP contribution in [0.4, 0.5) is 10.5 Å². The minimum atomic E-state index is -0.932. The van der Waals surface area contributed by atoms with Gasteiger partial charge in [0.15, 0.2) is 0 Å². The maximum atomic E-state index is 11.8. The molecule has 2 rings (SSSR count). The molecule has 1 aromatic carbocycles. The van der Waals surface area contributed by atoms with Gasteiger partial charge < -0.3 is 14.4 Å². The van der Waals surface area contributed by atoms with Crippen LogP contribution in [0.25, 0.3) is 11.4 Å². The number of aliphatic carboxylic acids is 1. The van der Waals surface area contributed by atoms with Crippen LogP contribution >= 0.6 is 0 Å². The summed E-state index contributed by atoms with van der Waals surface area (Å²) in [4.78, 5) is 26.5. The molecule has 8 heteroatoms. The molecule has 0 spiro atoms. The van der Waals surface area contributed by atoms with E-state index in [4.69, 9.17) is 14.4 Å². The first-order valence-corrected chi connectivity index (χ1v) is 7.38. The fourth-order valence-corrected chi connectivity index (χ4v) is 1.85. The van der Waals surface area contributed by atoms with Crippen LogP contribution in [0.15, 0.2) is 28.8 Å². The molecular weight excluding hydrogens is 314 g/mol. The van der Waals surface area contributed by atoms with Gasteiger partial charge in [-0.05, 0) is 32.9 Å². The average molecular weight is 333 g/mol. The lowest BCUT2D eigenvalue weighted by Gasteiger charge is -2.19. The number of carbonyl (C=O) groups is 2. The van der Waals surface area contributed by atoms with Gasteiger partial charge in [0, 0.05) is 17.7 Å². The largest absolute Gasteiger partial charge is 0.481 e. The van der Waals surface area contributed by atoms with Crippen molar-refractivity contribution in [2.24, 2.45) is 0 Å². The van der Waals surface area contributed by atoms with Crippen molar-refractivity contribution in [3.8, 4) is 11.4 Å². The molecule has 1 amide bonds. The maximum absolute atomic E-state index is 11.8. The minimum Gasteiger partial charge on any atom is -0.481 e. The Hall–Kier alpha value is -2.90. The van der Waals surface area contributed by atoms with Crippen molar-refractivity contribution in [1.82, 2.24) is 10.1 Å². The molecule has 0 atom stereocenters. The van der Waals surface area contributed by atoms with Crippen LogP contribution in [0.5, 0.6) is 0 Å². The molecule has 128 valence electrons. The molecule has 0 aliphatic carbocycles. The number of hydrogen-bond donors (Lipinski definition) is 2. The van der Waals surface area contributed by atoms with E-state index in [2.05, 4.69) is 15.5 Å². The highest BCUT2D eigenvalue weighted by atomic mass is 16.6. The fraction of sp³-hybridized carbons (Fsp3) is 0.375. The molecule has 2 N–H and O–H groups in total. The Balaban J connectivity index is 2.07. The first-order valence-electron chi connectivity index (χ1n) is 7.38. The molecular formula is C16H19N3O5. The van der Waals surface area contributed by atoms with Crippen molar-refractivity contribution < 1.29 is 24.0 Å². The lowest BCUT2D eigenvalue weighted by Crippen LogP contribution is -2.27. The highest BCUT2D eigenvalue weighted by Crippen LogP contribution is 2.21. The van der Waals surface area contributed by atoms with Crippen LogP contribution in [-0.4, -0.2) is 32.9 Å². The molecule has 0 aliphatic rings. The SMILES string of the molecule is CC(C)(C)OC(=O)Nc1cccc(-c2noc(CCC(=O)O)n2)c1. The molecule has 24 heavy (non-hydrogen) atoms. The number of aromatic nitrogens is 2. The highest BCUT2D eigenvalue weighted by Gasteiger charge is 2.17. The van der Waals surface area contributed by atoms with Crippen LogP contribution in [-0.2, 0) is 16.0 Å². The number of carboxylic acids is 1. The third-order valence-corrected chi connectivity index (χ3v) is 2.79. The zero-order valence-corrected chi connectivity index (χ0v) is 13.7. The van der Waals surface area contributed by atoms with Gasteiger partial charge in [0.05, 0.1) is 6.42 Å². The van der Waals surface area contributed by atoms with Crippen LogP contribution < -0.4 is 5.32 Å². The number of rotatable bonds is 5. The molecule has 0 saturated carbocycles. The summed E-state index contributed by atoms with van der Waals surface area (Å²) in [7, 11) is 0. The number of carboxylic acid groups (broad SMARTS) is 1. The fourth-order valence-electron chi connectivity index (χ4n) is 1.85. The van der Waals surface area contributed by atoms with Crippen LogP contribution in [0, 0.1) is 0 Å². The monoisotopic (exact) mass is 333 g/mol. The number of amides is 1. The van der Waals surface area contributed by atoms with E-state index >= 15 is 0 Å². The quantitative estimate of drug-likeness (QED) is 0.864. The van der Waals surface area contributed by atoms with Gasteiger partial charge in [0.25, 0.3) is 0 Å². The smallest absolute Gasteiger partial charge is 0.412 e. The van der Waals surface area contributed by atoms with E-state index in [0.29, 0.717) is 17.1 Å². The van der Waals surface area contributed by atoms with Crippen molar-refractivity contribution in [2.75, 3.05) is 5.32 Å². The van der Waals surface area contributed by atoms with Gasteiger partial charge in [-0.2, -0.15) is 4.98 Å². The normalized spacial score (nSPS) is 11.1. The van der Waals surface area contributed by atoms with Gasteiger partial charge in [-0.1, -0.05) is 17.3 Å². The number of carbonyl (C=O) groups excluding carboxylic acids is 1. The molecule has 1 aromatic heterocycles. The van der Waals surface area contributed by atoms with Crippen molar-refractivity contribution in [3.05, 3.63) is 30.2 Å². The molecule has 0 saturated heterocycles. The zero-order valence-electron chi connectivity index (χ0n) is 13.7. The number of nitrogens with one attached hydrogen (secondary N) is 1. The van der Waals surface area contributed by atoms with E-state index in [-0.39, 0.29) is 18.7 Å². The summed E-state index contributed by atoms with van der Waals surface area (Å²) in [6.07, 6.45) is -0.477. The summed E-state index contributed by atoms with van der Waals surface area (Å²) in [5.74, 6) is -0.362. The van der Waals surface area contributed by atoms with Crippen LogP contribution in [0.1, 0.15) is 33.1 Å². The molecule has 2 aromatic rings. The lowest BCUT2D eigenvalue weighted by atomic mass is 10.2. The number of aryl methyl sites for hydroxylation is 1. The summed E-state index contributed by atoms with van der Waals surface area (Å²) in [6, 6.07) is 6.87. The van der Waals surface area contributed by atoms with Gasteiger partial charge in [0.2, 0.25) is 11.7 Å². The van der Waals surface area contributed by atoms with Crippen LogP contribution in [0.3, 0.4) is 0 Å². The molecule has 1 heterocycles. The van der Waals surface area contributed by atoms with Crippen molar-refractivity contribution in [2.45, 2.75) is 39.2 Å². The molecule has 8 nitrogen and oxygen atoms in total. The summed E-state index contributed by atoms with van der Waals surface area (Å²) in [5, 5.41) is 15.1. The Morgan fingerprint density at radius 1 is 1.33 bits per heavy atom. The Morgan fingerprint density at radius 3 is 2.75 bits per heavy atom. The Kier molecular flexibility index (Phi) is 5.18. The number of ether oxygens (including phenoxy) is 1. The van der Waals surface area contributed by atoms with Crippen molar-refractivity contribution in [1.29, 1.82) is 0 Å². The number of nitrogens with zero attached hydrogens (tertiary/aromatic N) is 2. The standard InChI is InChI=1S/C16H19N3O5/c1-16(2,3)23-15(22)17-11-6-4-5-10(9-11)14-18-12(24-19-14)7-8-13(20)21/h4-6,9H,7-8H2,1-3H3,(H,17,22)(H,20,21). The van der Waals surface area contributed by atoms with Crippen LogP contribution in [0.2, 0.25) is 0 Å². The van der Waals surface area contributed by atoms with Gasteiger partial charge in [-0.3, -0.25) is 10.1 Å². The van der Waals surface area contributed by atoms with Gasteiger partial charge in [-0.25, -0.2) is 4.79 Å². The summed E-state index contributed by atoms with van der Waals surface area (Å²) in [6.45, 7) is 5.34. The highest BCUT2D eigenvalue weighted by molar-refractivity contribution is 5.85. The van der Waals surface area contributed by atoms with E-state index in [1.807, 2.05) is 0 Å². The number of benzene rings is 1. The Bertz CT molecular complexity index is 733. The Morgan fingerprint density at radius 2 is 2.08 bits per heavy atom.